The molecule has 9 heteroatoms. The maximum atomic E-state index is 13.0. The average Bonchev–Trinajstić information content (AvgIpc) is 3.00. The molecule has 176 valence electrons. The molecule has 0 aromatic heterocycles. The van der Waals surface area contributed by atoms with E-state index in [0.29, 0.717) is 24.5 Å². The van der Waals surface area contributed by atoms with E-state index in [1.165, 1.54) is 25.1 Å². The second kappa shape index (κ2) is 9.86. The Kier molecular flexibility index (Phi) is 6.72. The summed E-state index contributed by atoms with van der Waals surface area (Å²) in [7, 11) is 0. The first-order valence-corrected chi connectivity index (χ1v) is 11.2. The number of benzene rings is 2. The first kappa shape index (κ1) is 23.2. The Hall–Kier alpha value is -4.01. The standard InChI is InChI=1S/C25H25N3O6/c1-16(29)26-18-7-9-19(10-8-18)28-23(31)20-11-6-17(14-21(20)24(28)32)25(33)34-15-22(30)27-12-4-2-3-5-13-27/h6-11,14H,2-5,12-13,15H2,1H3,(H,26,29). The molecule has 2 heterocycles. The monoisotopic (exact) mass is 463 g/mol. The van der Waals surface area contributed by atoms with E-state index in [2.05, 4.69) is 5.32 Å². The van der Waals surface area contributed by atoms with Crippen LogP contribution in [0.4, 0.5) is 11.4 Å². The fourth-order valence-corrected chi connectivity index (χ4v) is 4.12. The zero-order valence-electron chi connectivity index (χ0n) is 18.8. The molecule has 1 N–H and O–H groups in total. The molecule has 0 radical (unpaired) electrons. The maximum absolute atomic E-state index is 13.0. The van der Waals surface area contributed by atoms with E-state index in [9.17, 15) is 24.0 Å². The SMILES string of the molecule is CC(=O)Nc1ccc(N2C(=O)c3ccc(C(=O)OCC(=O)N4CCCCCC4)cc3C2=O)cc1. The molecule has 0 unspecified atom stereocenters. The zero-order valence-corrected chi connectivity index (χ0v) is 18.8. The van der Waals surface area contributed by atoms with Gasteiger partial charge in [-0.2, -0.15) is 0 Å². The van der Waals surface area contributed by atoms with Gasteiger partial charge in [0.2, 0.25) is 5.91 Å². The van der Waals surface area contributed by atoms with Crippen LogP contribution >= 0.6 is 0 Å². The van der Waals surface area contributed by atoms with Crippen molar-refractivity contribution in [3.63, 3.8) is 0 Å². The molecule has 1 fully saturated rings. The van der Waals surface area contributed by atoms with Gasteiger partial charge in [0.1, 0.15) is 0 Å². The van der Waals surface area contributed by atoms with Gasteiger partial charge in [-0.25, -0.2) is 9.69 Å². The van der Waals surface area contributed by atoms with E-state index in [0.717, 1.165) is 30.6 Å². The van der Waals surface area contributed by atoms with Crippen LogP contribution in [0.15, 0.2) is 42.5 Å². The number of carbonyl (C=O) groups excluding carboxylic acids is 5. The number of anilines is 2. The first-order valence-electron chi connectivity index (χ1n) is 11.2. The van der Waals surface area contributed by atoms with Crippen molar-refractivity contribution in [3.05, 3.63) is 59.2 Å². The Morgan fingerprint density at radius 2 is 1.53 bits per heavy atom. The number of fused-ring (bicyclic) bond motifs is 1. The van der Waals surface area contributed by atoms with Crippen molar-refractivity contribution in [2.75, 3.05) is 29.9 Å². The fraction of sp³-hybridized carbons (Fsp3) is 0.320. The second-order valence-electron chi connectivity index (χ2n) is 8.31. The number of hydrogen-bond donors (Lipinski definition) is 1. The van der Waals surface area contributed by atoms with Crippen LogP contribution in [0, 0.1) is 0 Å². The summed E-state index contributed by atoms with van der Waals surface area (Å²) < 4.78 is 5.19. The van der Waals surface area contributed by atoms with E-state index in [4.69, 9.17) is 4.74 Å². The van der Waals surface area contributed by atoms with Crippen molar-refractivity contribution in [1.29, 1.82) is 0 Å². The van der Waals surface area contributed by atoms with Gasteiger partial charge in [-0.05, 0) is 55.3 Å². The summed E-state index contributed by atoms with van der Waals surface area (Å²) in [5.74, 6) is -2.28. The number of nitrogens with zero attached hydrogens (tertiary/aromatic N) is 2. The van der Waals surface area contributed by atoms with Gasteiger partial charge in [-0.15, -0.1) is 0 Å². The van der Waals surface area contributed by atoms with Crippen LogP contribution in [0.25, 0.3) is 0 Å². The summed E-state index contributed by atoms with van der Waals surface area (Å²) in [6.07, 6.45) is 4.05. The predicted molar refractivity (Wildman–Crippen MR) is 124 cm³/mol. The number of imide groups is 1. The number of likely N-dealkylation sites (tertiary alicyclic amines) is 1. The maximum Gasteiger partial charge on any atom is 0.338 e. The minimum Gasteiger partial charge on any atom is -0.452 e. The van der Waals surface area contributed by atoms with Crippen LogP contribution < -0.4 is 10.2 Å². The van der Waals surface area contributed by atoms with Crippen molar-refractivity contribution < 1.29 is 28.7 Å². The molecule has 0 bridgehead atoms. The number of amides is 4. The smallest absolute Gasteiger partial charge is 0.338 e. The highest BCUT2D eigenvalue weighted by Gasteiger charge is 2.37. The number of nitrogens with one attached hydrogen (secondary N) is 1. The fourth-order valence-electron chi connectivity index (χ4n) is 4.12. The van der Waals surface area contributed by atoms with Crippen LogP contribution in [0.3, 0.4) is 0 Å². The Morgan fingerprint density at radius 1 is 0.882 bits per heavy atom. The summed E-state index contributed by atoms with van der Waals surface area (Å²) in [5.41, 5.74) is 1.23. The van der Waals surface area contributed by atoms with Gasteiger partial charge in [0.15, 0.2) is 6.61 Å². The van der Waals surface area contributed by atoms with Crippen molar-refractivity contribution in [2.24, 2.45) is 0 Å². The van der Waals surface area contributed by atoms with Crippen molar-refractivity contribution in [2.45, 2.75) is 32.6 Å². The predicted octanol–water partition coefficient (Wildman–Crippen LogP) is 3.01. The van der Waals surface area contributed by atoms with E-state index < -0.39 is 17.8 Å². The molecule has 2 aromatic carbocycles. The van der Waals surface area contributed by atoms with Gasteiger partial charge in [0, 0.05) is 25.7 Å². The van der Waals surface area contributed by atoms with Crippen LogP contribution in [0.2, 0.25) is 0 Å². The molecule has 2 aliphatic rings. The summed E-state index contributed by atoms with van der Waals surface area (Å²) in [6.45, 7) is 2.34. The molecule has 1 saturated heterocycles. The highest BCUT2D eigenvalue weighted by molar-refractivity contribution is 6.34. The van der Waals surface area contributed by atoms with Crippen LogP contribution in [-0.4, -0.2) is 54.2 Å². The van der Waals surface area contributed by atoms with Crippen LogP contribution in [0.5, 0.6) is 0 Å². The van der Waals surface area contributed by atoms with Gasteiger partial charge in [0.05, 0.1) is 22.4 Å². The minimum absolute atomic E-state index is 0.0873. The molecule has 0 saturated carbocycles. The topological polar surface area (TPSA) is 113 Å². The van der Waals surface area contributed by atoms with E-state index >= 15 is 0 Å². The van der Waals surface area contributed by atoms with E-state index in [1.54, 1.807) is 29.2 Å². The van der Waals surface area contributed by atoms with Crippen molar-refractivity contribution in [1.82, 2.24) is 4.90 Å². The Morgan fingerprint density at radius 3 is 2.18 bits per heavy atom. The van der Waals surface area contributed by atoms with Crippen molar-refractivity contribution in [3.8, 4) is 0 Å². The third-order valence-corrected chi connectivity index (χ3v) is 5.85. The summed E-state index contributed by atoms with van der Waals surface area (Å²) >= 11 is 0. The zero-order chi connectivity index (χ0) is 24.2. The quantitative estimate of drug-likeness (QED) is 0.539. The number of ether oxygens (including phenoxy) is 1. The minimum atomic E-state index is -0.732. The van der Waals surface area contributed by atoms with Crippen LogP contribution in [0.1, 0.15) is 63.7 Å². The normalized spacial score (nSPS) is 15.6. The largest absolute Gasteiger partial charge is 0.452 e. The third kappa shape index (κ3) is 4.83. The summed E-state index contributed by atoms with van der Waals surface area (Å²) in [5, 5.41) is 2.62. The summed E-state index contributed by atoms with van der Waals surface area (Å²) in [4.78, 5) is 64.6. The molecule has 9 nitrogen and oxygen atoms in total. The second-order valence-corrected chi connectivity index (χ2v) is 8.31. The van der Waals surface area contributed by atoms with Gasteiger partial charge >= 0.3 is 5.97 Å². The Balaban J connectivity index is 1.44. The average molecular weight is 463 g/mol. The lowest BCUT2D eigenvalue weighted by Crippen LogP contribution is -2.35. The van der Waals surface area contributed by atoms with Gasteiger partial charge in [-0.1, -0.05) is 12.8 Å². The number of hydrogen-bond acceptors (Lipinski definition) is 6. The molecule has 0 atom stereocenters. The van der Waals surface area contributed by atoms with E-state index in [1.807, 2.05) is 0 Å². The lowest BCUT2D eigenvalue weighted by molar-refractivity contribution is -0.134. The molecular weight excluding hydrogens is 438 g/mol. The lowest BCUT2D eigenvalue weighted by Gasteiger charge is -2.19. The molecule has 34 heavy (non-hydrogen) atoms. The summed E-state index contributed by atoms with van der Waals surface area (Å²) in [6, 6.07) is 10.4. The first-order chi connectivity index (χ1) is 16.3. The van der Waals surface area contributed by atoms with Crippen molar-refractivity contribution >= 4 is 41.0 Å². The Bertz CT molecular complexity index is 1150. The molecule has 4 amide bonds. The van der Waals surface area contributed by atoms with Gasteiger partial charge in [0.25, 0.3) is 17.7 Å². The number of rotatable bonds is 5. The van der Waals surface area contributed by atoms with Gasteiger partial charge in [-0.3, -0.25) is 19.2 Å². The molecular formula is C25H25N3O6. The Labute approximate surface area is 196 Å². The highest BCUT2D eigenvalue weighted by atomic mass is 16.5. The van der Waals surface area contributed by atoms with Crippen LogP contribution in [-0.2, 0) is 14.3 Å². The van der Waals surface area contributed by atoms with Gasteiger partial charge < -0.3 is 15.0 Å². The number of esters is 1. The molecule has 0 spiro atoms. The molecule has 2 aromatic rings. The lowest BCUT2D eigenvalue weighted by atomic mass is 10.1. The molecule has 4 rings (SSSR count). The molecule has 2 aliphatic heterocycles. The highest BCUT2D eigenvalue weighted by Crippen LogP contribution is 2.30. The number of carbonyl (C=O) groups is 5. The molecule has 0 aliphatic carbocycles. The van der Waals surface area contributed by atoms with E-state index in [-0.39, 0.29) is 35.1 Å². The third-order valence-electron chi connectivity index (χ3n) is 5.85.